The number of hydrogen-bond donors (Lipinski definition) is 2. The molecule has 2 aromatic rings. The first-order chi connectivity index (χ1) is 12.1. The zero-order valence-electron chi connectivity index (χ0n) is 13.5. The van der Waals surface area contributed by atoms with Gasteiger partial charge in [0.05, 0.1) is 11.8 Å². The highest BCUT2D eigenvalue weighted by molar-refractivity contribution is 6.35. The van der Waals surface area contributed by atoms with Crippen molar-refractivity contribution in [3.8, 4) is 6.07 Å². The molecule has 1 atom stereocenters. The highest BCUT2D eigenvalue weighted by Gasteiger charge is 2.21. The molecule has 0 saturated heterocycles. The number of hydrogen-bond acceptors (Lipinski definition) is 4. The number of benzene rings is 2. The number of rotatable bonds is 5. The molecule has 0 saturated carbocycles. The van der Waals surface area contributed by atoms with Crippen LogP contribution in [-0.4, -0.2) is 11.8 Å². The third-order valence-corrected chi connectivity index (χ3v) is 4.68. The Kier molecular flexibility index (Phi) is 5.60. The fourth-order valence-electron chi connectivity index (χ4n) is 2.99. The summed E-state index contributed by atoms with van der Waals surface area (Å²) in [4.78, 5) is 12.6. The number of nitriles is 1. The van der Waals surface area contributed by atoms with Crippen molar-refractivity contribution in [1.82, 2.24) is 5.43 Å². The first-order valence-electron chi connectivity index (χ1n) is 8.10. The molecular formula is C19H17Cl2N3O. The number of hydrazine groups is 1. The van der Waals surface area contributed by atoms with Crippen LogP contribution in [0.25, 0.3) is 0 Å². The first kappa shape index (κ1) is 17.8. The predicted octanol–water partition coefficient (Wildman–Crippen LogP) is 4.56. The highest BCUT2D eigenvalue weighted by atomic mass is 35.5. The maximum atomic E-state index is 12.6. The Morgan fingerprint density at radius 1 is 1.04 bits per heavy atom. The van der Waals surface area contributed by atoms with E-state index < -0.39 is 6.04 Å². The molecule has 0 radical (unpaired) electrons. The Hall–Kier alpha value is -2.06. The average molecular weight is 374 g/mol. The number of carbonyl (C=O) groups excluding carboxylic acids is 1. The molecule has 0 fully saturated rings. The SMILES string of the molecule is N#CC(NNc1cc(Cl)cc(Cl)c1)C(=O)c1ccc2c(c1)CCCC2. The van der Waals surface area contributed by atoms with E-state index in [-0.39, 0.29) is 5.78 Å². The second-order valence-corrected chi connectivity index (χ2v) is 6.92. The molecule has 128 valence electrons. The van der Waals surface area contributed by atoms with E-state index in [2.05, 4.69) is 10.9 Å². The minimum Gasteiger partial charge on any atom is -0.320 e. The Labute approximate surface area is 156 Å². The van der Waals surface area contributed by atoms with Crippen LogP contribution >= 0.6 is 23.2 Å². The lowest BCUT2D eigenvalue weighted by molar-refractivity contribution is 0.0969. The van der Waals surface area contributed by atoms with Gasteiger partial charge < -0.3 is 5.43 Å². The molecule has 6 heteroatoms. The summed E-state index contributed by atoms with van der Waals surface area (Å²) in [5.74, 6) is -0.267. The molecule has 0 bridgehead atoms. The van der Waals surface area contributed by atoms with E-state index in [1.54, 1.807) is 24.3 Å². The molecule has 2 N–H and O–H groups in total. The minimum absolute atomic E-state index is 0.267. The number of aryl methyl sites for hydroxylation is 2. The quantitative estimate of drug-likeness (QED) is 0.595. The van der Waals surface area contributed by atoms with Gasteiger partial charge in [-0.15, -0.1) is 0 Å². The molecule has 1 unspecified atom stereocenters. The van der Waals surface area contributed by atoms with Crippen LogP contribution < -0.4 is 10.9 Å². The summed E-state index contributed by atoms with van der Waals surface area (Å²) in [6, 6.07) is 11.6. The average Bonchev–Trinajstić information content (AvgIpc) is 2.61. The summed E-state index contributed by atoms with van der Waals surface area (Å²) in [6.45, 7) is 0. The zero-order valence-corrected chi connectivity index (χ0v) is 15.0. The van der Waals surface area contributed by atoms with Crippen molar-refractivity contribution in [1.29, 1.82) is 5.26 Å². The third kappa shape index (κ3) is 4.32. The number of ketones is 1. The minimum atomic E-state index is -1.01. The van der Waals surface area contributed by atoms with Gasteiger partial charge in [-0.1, -0.05) is 35.3 Å². The zero-order chi connectivity index (χ0) is 17.8. The summed E-state index contributed by atoms with van der Waals surface area (Å²) < 4.78 is 0. The van der Waals surface area contributed by atoms with E-state index in [0.717, 1.165) is 19.3 Å². The number of carbonyl (C=O) groups is 1. The molecule has 0 heterocycles. The topological polar surface area (TPSA) is 64.9 Å². The summed E-state index contributed by atoms with van der Waals surface area (Å²) in [6.07, 6.45) is 4.37. The third-order valence-electron chi connectivity index (χ3n) is 4.25. The van der Waals surface area contributed by atoms with Crippen molar-refractivity contribution in [2.75, 3.05) is 5.43 Å². The van der Waals surface area contributed by atoms with Gasteiger partial charge >= 0.3 is 0 Å². The van der Waals surface area contributed by atoms with Crippen molar-refractivity contribution >= 4 is 34.7 Å². The summed E-state index contributed by atoms with van der Waals surface area (Å²) in [7, 11) is 0. The van der Waals surface area contributed by atoms with Gasteiger partial charge in [-0.2, -0.15) is 5.26 Å². The predicted molar refractivity (Wildman–Crippen MR) is 100 cm³/mol. The summed E-state index contributed by atoms with van der Waals surface area (Å²) >= 11 is 11.9. The Bertz CT molecular complexity index is 825. The van der Waals surface area contributed by atoms with E-state index in [1.165, 1.54) is 17.5 Å². The summed E-state index contributed by atoms with van der Waals surface area (Å²) in [5, 5.41) is 10.3. The van der Waals surface area contributed by atoms with E-state index in [0.29, 0.717) is 21.3 Å². The van der Waals surface area contributed by atoms with E-state index >= 15 is 0 Å². The first-order valence-corrected chi connectivity index (χ1v) is 8.85. The molecule has 1 aliphatic carbocycles. The van der Waals surface area contributed by atoms with Crippen molar-refractivity contribution in [3.05, 3.63) is 63.1 Å². The van der Waals surface area contributed by atoms with Gasteiger partial charge in [0.25, 0.3) is 0 Å². The standard InChI is InChI=1S/C19H17Cl2N3O/c20-15-8-16(21)10-17(9-15)23-24-18(11-22)19(25)14-6-5-12-3-1-2-4-13(12)7-14/h5-10,18,23-24H,1-4H2. The number of fused-ring (bicyclic) bond motifs is 1. The molecule has 0 aliphatic heterocycles. The molecule has 0 aromatic heterocycles. The van der Waals surface area contributed by atoms with Crippen molar-refractivity contribution < 1.29 is 4.79 Å². The van der Waals surface area contributed by atoms with Crippen molar-refractivity contribution in [2.24, 2.45) is 0 Å². The maximum absolute atomic E-state index is 12.6. The van der Waals surface area contributed by atoms with Gasteiger partial charge in [-0.25, -0.2) is 5.43 Å². The maximum Gasteiger partial charge on any atom is 0.195 e. The lowest BCUT2D eigenvalue weighted by atomic mass is 9.89. The monoisotopic (exact) mass is 373 g/mol. The van der Waals surface area contributed by atoms with Gasteiger partial charge in [0.2, 0.25) is 0 Å². The number of Topliss-reactive ketones (excluding diaryl/α,β-unsaturated/α-hetero) is 1. The van der Waals surface area contributed by atoms with Gasteiger partial charge in [0.1, 0.15) is 0 Å². The Balaban J connectivity index is 1.72. The van der Waals surface area contributed by atoms with Crippen LogP contribution in [0.4, 0.5) is 5.69 Å². The molecule has 2 aromatic carbocycles. The second kappa shape index (κ2) is 7.88. The lowest BCUT2D eigenvalue weighted by Crippen LogP contribution is -2.39. The van der Waals surface area contributed by atoms with Crippen LogP contribution in [0.2, 0.25) is 10.0 Å². The van der Waals surface area contributed by atoms with Gasteiger partial charge in [-0.05, 0) is 61.1 Å². The second-order valence-electron chi connectivity index (χ2n) is 6.04. The van der Waals surface area contributed by atoms with Gasteiger partial charge in [-0.3, -0.25) is 4.79 Å². The normalized spacial score (nSPS) is 14.3. The van der Waals surface area contributed by atoms with E-state index in [4.69, 9.17) is 23.2 Å². The van der Waals surface area contributed by atoms with Gasteiger partial charge in [0, 0.05) is 15.6 Å². The van der Waals surface area contributed by atoms with E-state index in [1.807, 2.05) is 18.2 Å². The molecule has 0 spiro atoms. The van der Waals surface area contributed by atoms with Crippen LogP contribution in [-0.2, 0) is 12.8 Å². The molecular weight excluding hydrogens is 357 g/mol. The summed E-state index contributed by atoms with van der Waals surface area (Å²) in [5.41, 5.74) is 9.21. The molecule has 1 aliphatic rings. The van der Waals surface area contributed by atoms with Crippen molar-refractivity contribution in [2.45, 2.75) is 31.7 Å². The fraction of sp³-hybridized carbons (Fsp3) is 0.263. The van der Waals surface area contributed by atoms with Crippen LogP contribution in [0.1, 0.15) is 34.3 Å². The molecule has 3 rings (SSSR count). The highest BCUT2D eigenvalue weighted by Crippen LogP contribution is 2.23. The Morgan fingerprint density at radius 2 is 1.72 bits per heavy atom. The van der Waals surface area contributed by atoms with Crippen molar-refractivity contribution in [3.63, 3.8) is 0 Å². The van der Waals surface area contributed by atoms with Crippen LogP contribution in [0, 0.1) is 11.3 Å². The Morgan fingerprint density at radius 3 is 2.40 bits per heavy atom. The molecule has 4 nitrogen and oxygen atoms in total. The smallest absolute Gasteiger partial charge is 0.195 e. The van der Waals surface area contributed by atoms with Crippen LogP contribution in [0.5, 0.6) is 0 Å². The number of anilines is 1. The lowest BCUT2D eigenvalue weighted by Gasteiger charge is -2.18. The fourth-order valence-corrected chi connectivity index (χ4v) is 3.52. The molecule has 0 amide bonds. The number of nitrogens with zero attached hydrogens (tertiary/aromatic N) is 1. The van der Waals surface area contributed by atoms with Gasteiger partial charge in [0.15, 0.2) is 11.8 Å². The number of halogens is 2. The largest absolute Gasteiger partial charge is 0.320 e. The number of nitrogens with one attached hydrogen (secondary N) is 2. The van der Waals surface area contributed by atoms with Crippen LogP contribution in [0.15, 0.2) is 36.4 Å². The van der Waals surface area contributed by atoms with E-state index in [9.17, 15) is 10.1 Å². The van der Waals surface area contributed by atoms with Crippen LogP contribution in [0.3, 0.4) is 0 Å². The molecule has 25 heavy (non-hydrogen) atoms.